The zero-order valence-corrected chi connectivity index (χ0v) is 16.0. The minimum Gasteiger partial charge on any atom is -0.489 e. The van der Waals surface area contributed by atoms with Gasteiger partial charge in [0.05, 0.1) is 13.2 Å². The van der Waals surface area contributed by atoms with Crippen molar-refractivity contribution < 1.29 is 23.7 Å². The second kappa shape index (κ2) is 9.18. The van der Waals surface area contributed by atoms with Crippen LogP contribution >= 0.6 is 0 Å². The van der Waals surface area contributed by atoms with Crippen molar-refractivity contribution in [3.8, 4) is 5.75 Å². The second-order valence-electron chi connectivity index (χ2n) is 7.01. The highest BCUT2D eigenvalue weighted by Gasteiger charge is 2.16. The molecule has 1 aliphatic rings. The minimum absolute atomic E-state index is 0.174. The molecular weight excluding hydrogens is 371 g/mol. The lowest BCUT2D eigenvalue weighted by atomic mass is 10.0. The number of hydrogen-bond donors (Lipinski definition) is 1. The van der Waals surface area contributed by atoms with Crippen molar-refractivity contribution in [2.45, 2.75) is 25.4 Å². The molecule has 0 bridgehead atoms. The fourth-order valence-corrected chi connectivity index (χ4v) is 3.37. The summed E-state index contributed by atoms with van der Waals surface area (Å²) < 4.78 is 30.4. The molecular formula is C24H23FO4. The number of aliphatic hydroxyl groups excluding tert-OH is 1. The van der Waals surface area contributed by atoms with Crippen LogP contribution in [0.4, 0.5) is 4.39 Å². The van der Waals surface area contributed by atoms with Crippen LogP contribution in [0.25, 0.3) is 0 Å². The largest absolute Gasteiger partial charge is 0.489 e. The quantitative estimate of drug-likeness (QED) is 0.645. The molecule has 0 radical (unpaired) electrons. The Balaban J connectivity index is 1.40. The van der Waals surface area contributed by atoms with E-state index in [1.54, 1.807) is 24.3 Å². The maximum absolute atomic E-state index is 13.4. The molecule has 4 nitrogen and oxygen atoms in total. The SMILES string of the molecule is OC(c1cccc(F)c1)c1cccc(OCc2cccc(CC3OCCO3)c2)c1. The van der Waals surface area contributed by atoms with E-state index in [4.69, 9.17) is 14.2 Å². The van der Waals surface area contributed by atoms with Crippen molar-refractivity contribution >= 4 is 0 Å². The summed E-state index contributed by atoms with van der Waals surface area (Å²) in [5.74, 6) is 0.271. The summed E-state index contributed by atoms with van der Waals surface area (Å²) in [4.78, 5) is 0. The Kier molecular flexibility index (Phi) is 6.20. The van der Waals surface area contributed by atoms with Crippen LogP contribution < -0.4 is 4.74 Å². The number of ether oxygens (including phenoxy) is 3. The molecule has 5 heteroatoms. The van der Waals surface area contributed by atoms with Crippen LogP contribution in [0, 0.1) is 5.82 Å². The van der Waals surface area contributed by atoms with Crippen molar-refractivity contribution in [2.24, 2.45) is 0 Å². The Morgan fingerprint density at radius 3 is 2.38 bits per heavy atom. The summed E-state index contributed by atoms with van der Waals surface area (Å²) in [5, 5.41) is 10.6. The van der Waals surface area contributed by atoms with Gasteiger partial charge in [-0.2, -0.15) is 0 Å². The average Bonchev–Trinajstić information content (AvgIpc) is 3.25. The predicted octanol–water partition coefficient (Wildman–Crippen LogP) is 4.40. The maximum atomic E-state index is 13.4. The molecule has 3 aromatic carbocycles. The van der Waals surface area contributed by atoms with Crippen molar-refractivity contribution in [2.75, 3.05) is 13.2 Å². The fourth-order valence-electron chi connectivity index (χ4n) is 3.37. The van der Waals surface area contributed by atoms with Crippen LogP contribution in [0.15, 0.2) is 72.8 Å². The normalized spacial score (nSPS) is 15.4. The van der Waals surface area contributed by atoms with Gasteiger partial charge in [0.25, 0.3) is 0 Å². The van der Waals surface area contributed by atoms with Gasteiger partial charge in [-0.15, -0.1) is 0 Å². The third-order valence-electron chi connectivity index (χ3n) is 4.83. The van der Waals surface area contributed by atoms with E-state index in [0.29, 0.717) is 43.1 Å². The molecule has 0 saturated carbocycles. The number of rotatable bonds is 7. The van der Waals surface area contributed by atoms with E-state index < -0.39 is 6.10 Å². The topological polar surface area (TPSA) is 47.9 Å². The molecule has 29 heavy (non-hydrogen) atoms. The molecule has 0 aliphatic carbocycles. The van der Waals surface area contributed by atoms with Gasteiger partial charge in [-0.1, -0.05) is 48.5 Å². The second-order valence-corrected chi connectivity index (χ2v) is 7.01. The van der Waals surface area contributed by atoms with Crippen LogP contribution in [0.2, 0.25) is 0 Å². The Labute approximate surface area is 169 Å². The van der Waals surface area contributed by atoms with Crippen molar-refractivity contribution in [1.29, 1.82) is 0 Å². The first-order valence-electron chi connectivity index (χ1n) is 9.65. The molecule has 1 N–H and O–H groups in total. The van der Waals surface area contributed by atoms with Crippen LogP contribution in [0.3, 0.4) is 0 Å². The van der Waals surface area contributed by atoms with Gasteiger partial charge in [0, 0.05) is 6.42 Å². The highest BCUT2D eigenvalue weighted by atomic mass is 19.1. The van der Waals surface area contributed by atoms with Gasteiger partial charge in [0.2, 0.25) is 0 Å². The summed E-state index contributed by atoms with van der Waals surface area (Å²) in [6.45, 7) is 1.69. The standard InChI is InChI=1S/C24H23FO4/c25-21-8-2-6-19(14-21)24(26)20-7-3-9-22(15-20)29-16-18-5-1-4-17(12-18)13-23-27-10-11-28-23/h1-9,12,14-15,23-24,26H,10-11,13,16H2. The first-order valence-corrected chi connectivity index (χ1v) is 9.65. The van der Waals surface area contributed by atoms with E-state index in [1.165, 1.54) is 12.1 Å². The number of aliphatic hydroxyl groups is 1. The van der Waals surface area contributed by atoms with Gasteiger partial charge in [-0.3, -0.25) is 0 Å². The highest BCUT2D eigenvalue weighted by molar-refractivity contribution is 5.35. The zero-order valence-electron chi connectivity index (χ0n) is 16.0. The lowest BCUT2D eigenvalue weighted by Gasteiger charge is -2.14. The van der Waals surface area contributed by atoms with Gasteiger partial charge in [-0.05, 0) is 46.5 Å². The van der Waals surface area contributed by atoms with Crippen LogP contribution in [0.5, 0.6) is 5.75 Å². The van der Waals surface area contributed by atoms with Crippen LogP contribution in [-0.4, -0.2) is 24.6 Å². The Bertz CT molecular complexity index is 953. The Hall–Kier alpha value is -2.73. The fraction of sp³-hybridized carbons (Fsp3) is 0.250. The maximum Gasteiger partial charge on any atom is 0.161 e. The van der Waals surface area contributed by atoms with Gasteiger partial charge in [0.15, 0.2) is 6.29 Å². The highest BCUT2D eigenvalue weighted by Crippen LogP contribution is 2.26. The minimum atomic E-state index is -0.913. The predicted molar refractivity (Wildman–Crippen MR) is 107 cm³/mol. The van der Waals surface area contributed by atoms with Gasteiger partial charge < -0.3 is 19.3 Å². The Morgan fingerprint density at radius 2 is 1.59 bits per heavy atom. The number of hydrogen-bond acceptors (Lipinski definition) is 4. The lowest BCUT2D eigenvalue weighted by molar-refractivity contribution is -0.0400. The Morgan fingerprint density at radius 1 is 0.897 bits per heavy atom. The molecule has 1 saturated heterocycles. The molecule has 1 heterocycles. The molecule has 1 atom stereocenters. The molecule has 4 rings (SSSR count). The third-order valence-corrected chi connectivity index (χ3v) is 4.83. The first kappa shape index (κ1) is 19.6. The monoisotopic (exact) mass is 394 g/mol. The van der Waals surface area contributed by atoms with E-state index in [0.717, 1.165) is 11.1 Å². The summed E-state index contributed by atoms with van der Waals surface area (Å²) in [6.07, 6.45) is -0.375. The van der Waals surface area contributed by atoms with E-state index in [1.807, 2.05) is 30.3 Å². The van der Waals surface area contributed by atoms with Crippen molar-refractivity contribution in [1.82, 2.24) is 0 Å². The van der Waals surface area contributed by atoms with Crippen LogP contribution in [-0.2, 0) is 22.5 Å². The van der Waals surface area contributed by atoms with Gasteiger partial charge in [0.1, 0.15) is 24.3 Å². The smallest absolute Gasteiger partial charge is 0.161 e. The molecule has 1 fully saturated rings. The summed E-state index contributed by atoms with van der Waals surface area (Å²) in [6, 6.07) is 21.3. The molecule has 3 aromatic rings. The van der Waals surface area contributed by atoms with E-state index >= 15 is 0 Å². The molecule has 150 valence electrons. The van der Waals surface area contributed by atoms with E-state index in [9.17, 15) is 9.50 Å². The molecule has 0 aromatic heterocycles. The summed E-state index contributed by atoms with van der Waals surface area (Å²) in [7, 11) is 0. The molecule has 1 aliphatic heterocycles. The summed E-state index contributed by atoms with van der Waals surface area (Å²) in [5.41, 5.74) is 3.33. The summed E-state index contributed by atoms with van der Waals surface area (Å²) >= 11 is 0. The van der Waals surface area contributed by atoms with E-state index in [2.05, 4.69) is 6.07 Å². The van der Waals surface area contributed by atoms with Gasteiger partial charge >= 0.3 is 0 Å². The lowest BCUT2D eigenvalue weighted by Crippen LogP contribution is -2.11. The van der Waals surface area contributed by atoms with Crippen molar-refractivity contribution in [3.63, 3.8) is 0 Å². The molecule has 0 spiro atoms. The van der Waals surface area contributed by atoms with Gasteiger partial charge in [-0.25, -0.2) is 4.39 Å². The third kappa shape index (κ3) is 5.21. The number of halogens is 1. The molecule has 0 amide bonds. The van der Waals surface area contributed by atoms with Crippen LogP contribution in [0.1, 0.15) is 28.4 Å². The van der Waals surface area contributed by atoms with Crippen molar-refractivity contribution in [3.05, 3.63) is 101 Å². The molecule has 1 unspecified atom stereocenters. The average molecular weight is 394 g/mol. The number of benzene rings is 3. The first-order chi connectivity index (χ1) is 14.2. The van der Waals surface area contributed by atoms with E-state index in [-0.39, 0.29) is 12.1 Å². The zero-order chi connectivity index (χ0) is 20.1.